The number of hydrogen-bond donors (Lipinski definition) is 0. The van der Waals surface area contributed by atoms with Gasteiger partial charge in [-0.25, -0.2) is 0 Å². The molecule has 0 amide bonds. The Morgan fingerprint density at radius 2 is 1.61 bits per heavy atom. The van der Waals surface area contributed by atoms with Gasteiger partial charge in [-0.15, -0.1) is 0 Å². The summed E-state index contributed by atoms with van der Waals surface area (Å²) in [6.45, 7) is 0.109. The second-order valence-corrected chi connectivity index (χ2v) is 7.03. The third-order valence-electron chi connectivity index (χ3n) is 5.57. The minimum absolute atomic E-state index is 0.109. The lowest BCUT2D eigenvalue weighted by Crippen LogP contribution is -2.30. The summed E-state index contributed by atoms with van der Waals surface area (Å²) in [7, 11) is 5.85. The van der Waals surface area contributed by atoms with E-state index in [9.17, 15) is 9.59 Å². The van der Waals surface area contributed by atoms with Gasteiger partial charge in [-0.1, -0.05) is 0 Å². The Balaban J connectivity index is 1.99. The van der Waals surface area contributed by atoms with E-state index in [-0.39, 0.29) is 6.79 Å². The highest BCUT2D eigenvalue weighted by atomic mass is 16.7. The van der Waals surface area contributed by atoms with Crippen molar-refractivity contribution in [2.75, 3.05) is 35.2 Å². The number of esters is 1. The van der Waals surface area contributed by atoms with E-state index in [0.29, 0.717) is 46.2 Å². The number of fused-ring (bicyclic) bond motifs is 2. The standard InChI is InChI=1S/C23H22O8/c1-26-18-7-13(8-19(27-2)22(18)28-3)20-15-9-17-16(30-11-31-17)6-12(15)5-14(10-24)21(20)23(25)29-4/h5-10,20-21H,11H2,1-4H3/t20-,21-/m0/s1. The van der Waals surface area contributed by atoms with Gasteiger partial charge in [-0.2, -0.15) is 0 Å². The van der Waals surface area contributed by atoms with E-state index in [1.807, 2.05) is 6.07 Å². The fraction of sp³-hybridized carbons (Fsp3) is 0.304. The highest BCUT2D eigenvalue weighted by Gasteiger charge is 2.40. The SMILES string of the molecule is COC(=O)[C@H]1C(C=O)=Cc2cc3c(cc2[C@@H]1c1cc(OC)c(OC)c(OC)c1)OCO3. The molecule has 4 rings (SSSR count). The highest BCUT2D eigenvalue weighted by Crippen LogP contribution is 2.50. The molecular weight excluding hydrogens is 404 g/mol. The molecule has 8 nitrogen and oxygen atoms in total. The minimum atomic E-state index is -0.863. The zero-order chi connectivity index (χ0) is 22.1. The monoisotopic (exact) mass is 426 g/mol. The topological polar surface area (TPSA) is 89.5 Å². The second kappa shape index (κ2) is 8.22. The van der Waals surface area contributed by atoms with Crippen LogP contribution in [0, 0.1) is 5.92 Å². The largest absolute Gasteiger partial charge is 0.493 e. The number of rotatable bonds is 6. The molecule has 2 aromatic carbocycles. The van der Waals surface area contributed by atoms with Crippen molar-refractivity contribution in [3.63, 3.8) is 0 Å². The van der Waals surface area contributed by atoms with Crippen molar-refractivity contribution in [3.8, 4) is 28.7 Å². The molecular formula is C23H22O8. The molecule has 2 atom stereocenters. The smallest absolute Gasteiger partial charge is 0.314 e. The molecule has 0 unspecified atom stereocenters. The van der Waals surface area contributed by atoms with Crippen molar-refractivity contribution in [2.45, 2.75) is 5.92 Å². The fourth-order valence-electron chi connectivity index (χ4n) is 4.17. The normalized spacial score (nSPS) is 18.5. The van der Waals surface area contributed by atoms with Gasteiger partial charge in [-0.3, -0.25) is 9.59 Å². The van der Waals surface area contributed by atoms with Crippen LogP contribution in [0.2, 0.25) is 0 Å². The van der Waals surface area contributed by atoms with Crippen molar-refractivity contribution in [1.29, 1.82) is 0 Å². The summed E-state index contributed by atoms with van der Waals surface area (Å²) >= 11 is 0. The molecule has 1 aliphatic carbocycles. The maximum Gasteiger partial charge on any atom is 0.314 e. The molecule has 0 saturated heterocycles. The maximum atomic E-state index is 12.8. The van der Waals surface area contributed by atoms with Crippen LogP contribution < -0.4 is 23.7 Å². The van der Waals surface area contributed by atoms with E-state index in [4.69, 9.17) is 28.4 Å². The summed E-state index contributed by atoms with van der Waals surface area (Å²) in [5.41, 5.74) is 2.54. The maximum absolute atomic E-state index is 12.8. The molecule has 2 aromatic rings. The van der Waals surface area contributed by atoms with Gasteiger partial charge in [0, 0.05) is 11.5 Å². The zero-order valence-corrected chi connectivity index (χ0v) is 17.6. The van der Waals surface area contributed by atoms with E-state index in [1.54, 1.807) is 24.3 Å². The molecule has 0 N–H and O–H groups in total. The first-order valence-electron chi connectivity index (χ1n) is 9.54. The first-order chi connectivity index (χ1) is 15.1. The Kier molecular flexibility index (Phi) is 5.46. The predicted molar refractivity (Wildman–Crippen MR) is 110 cm³/mol. The molecule has 0 fully saturated rings. The Morgan fingerprint density at radius 1 is 0.968 bits per heavy atom. The number of carbonyl (C=O) groups is 2. The summed E-state index contributed by atoms with van der Waals surface area (Å²) in [5.74, 6) is 0.504. The fourth-order valence-corrected chi connectivity index (χ4v) is 4.17. The highest BCUT2D eigenvalue weighted by molar-refractivity contribution is 5.95. The molecule has 0 bridgehead atoms. The minimum Gasteiger partial charge on any atom is -0.493 e. The predicted octanol–water partition coefficient (Wildman–Crippen LogP) is 2.96. The summed E-state index contributed by atoms with van der Waals surface area (Å²) in [6, 6.07) is 7.17. The molecule has 31 heavy (non-hydrogen) atoms. The van der Waals surface area contributed by atoms with Gasteiger partial charge >= 0.3 is 5.97 Å². The Labute approximate surface area is 179 Å². The average Bonchev–Trinajstić information content (AvgIpc) is 3.27. The molecule has 1 heterocycles. The number of ether oxygens (including phenoxy) is 6. The zero-order valence-electron chi connectivity index (χ0n) is 17.6. The first kappa shape index (κ1) is 20.6. The van der Waals surface area contributed by atoms with E-state index < -0.39 is 17.8 Å². The third kappa shape index (κ3) is 3.34. The van der Waals surface area contributed by atoms with Crippen LogP contribution in [-0.4, -0.2) is 47.5 Å². The first-order valence-corrected chi connectivity index (χ1v) is 9.54. The van der Waals surface area contributed by atoms with Crippen LogP contribution in [0.5, 0.6) is 28.7 Å². The van der Waals surface area contributed by atoms with Crippen LogP contribution in [-0.2, 0) is 14.3 Å². The van der Waals surface area contributed by atoms with Crippen LogP contribution in [0.15, 0.2) is 29.8 Å². The third-order valence-corrected chi connectivity index (χ3v) is 5.57. The number of hydrogen-bond acceptors (Lipinski definition) is 8. The molecule has 0 spiro atoms. The van der Waals surface area contributed by atoms with Gasteiger partial charge in [0.05, 0.1) is 34.4 Å². The average molecular weight is 426 g/mol. The van der Waals surface area contributed by atoms with Crippen molar-refractivity contribution in [1.82, 2.24) is 0 Å². The van der Waals surface area contributed by atoms with E-state index >= 15 is 0 Å². The van der Waals surface area contributed by atoms with Crippen molar-refractivity contribution in [3.05, 3.63) is 46.5 Å². The van der Waals surface area contributed by atoms with Gasteiger partial charge < -0.3 is 28.4 Å². The van der Waals surface area contributed by atoms with Gasteiger partial charge in [-0.05, 0) is 47.0 Å². The lowest BCUT2D eigenvalue weighted by atomic mass is 9.71. The van der Waals surface area contributed by atoms with Crippen LogP contribution in [0.1, 0.15) is 22.6 Å². The molecule has 1 aliphatic heterocycles. The molecule has 0 saturated carbocycles. The summed E-state index contributed by atoms with van der Waals surface area (Å²) in [4.78, 5) is 24.8. The van der Waals surface area contributed by atoms with Gasteiger partial charge in [0.25, 0.3) is 0 Å². The molecule has 2 aliphatic rings. The number of benzene rings is 2. The Bertz CT molecular complexity index is 1050. The summed E-state index contributed by atoms with van der Waals surface area (Å²) in [6.07, 6.45) is 2.36. The second-order valence-electron chi connectivity index (χ2n) is 7.03. The lowest BCUT2D eigenvalue weighted by Gasteiger charge is -2.32. The van der Waals surface area contributed by atoms with E-state index in [0.717, 1.165) is 11.1 Å². The van der Waals surface area contributed by atoms with Crippen molar-refractivity contribution < 1.29 is 38.0 Å². The number of aldehydes is 1. The Morgan fingerprint density at radius 3 is 2.16 bits per heavy atom. The summed E-state index contributed by atoms with van der Waals surface area (Å²) in [5, 5.41) is 0. The van der Waals surface area contributed by atoms with Crippen LogP contribution in [0.4, 0.5) is 0 Å². The van der Waals surface area contributed by atoms with Crippen molar-refractivity contribution >= 4 is 18.3 Å². The number of methoxy groups -OCH3 is 4. The van der Waals surface area contributed by atoms with Crippen LogP contribution >= 0.6 is 0 Å². The van der Waals surface area contributed by atoms with Gasteiger partial charge in [0.1, 0.15) is 6.29 Å². The molecule has 0 radical (unpaired) electrons. The van der Waals surface area contributed by atoms with Crippen molar-refractivity contribution in [2.24, 2.45) is 5.92 Å². The summed E-state index contributed by atoms with van der Waals surface area (Å²) < 4.78 is 32.5. The quantitative estimate of drug-likeness (QED) is 0.515. The van der Waals surface area contributed by atoms with E-state index in [1.165, 1.54) is 28.4 Å². The van der Waals surface area contributed by atoms with E-state index in [2.05, 4.69) is 0 Å². The van der Waals surface area contributed by atoms with Crippen LogP contribution in [0.3, 0.4) is 0 Å². The number of carbonyl (C=O) groups excluding carboxylic acids is 2. The Hall–Kier alpha value is -3.68. The van der Waals surface area contributed by atoms with Gasteiger partial charge in [0.2, 0.25) is 12.5 Å². The molecule has 162 valence electrons. The molecule has 8 heteroatoms. The van der Waals surface area contributed by atoms with Crippen LogP contribution in [0.25, 0.3) is 6.08 Å². The lowest BCUT2D eigenvalue weighted by molar-refractivity contribution is -0.145. The van der Waals surface area contributed by atoms with Gasteiger partial charge in [0.15, 0.2) is 23.0 Å². The molecule has 0 aromatic heterocycles.